The van der Waals surface area contributed by atoms with E-state index in [0.29, 0.717) is 22.6 Å². The molecular weight excluding hydrogens is 332 g/mol. The summed E-state index contributed by atoms with van der Waals surface area (Å²) in [6.45, 7) is 0.234. The average Bonchev–Trinajstić information content (AvgIpc) is 2.67. The standard InChI is InChI=1S/C19H16N4O3/c1-25-18-10-14(12-22-23-19(24)8-9-20)6-7-17(18)26-13-16-5-3-2-4-15(16)11-21/h2-7,10,12H,8,13H2,1H3,(H,23,24)/b22-12-. The molecule has 2 aromatic carbocycles. The van der Waals surface area contributed by atoms with Crippen molar-refractivity contribution in [2.45, 2.75) is 13.0 Å². The lowest BCUT2D eigenvalue weighted by atomic mass is 10.1. The van der Waals surface area contributed by atoms with E-state index in [-0.39, 0.29) is 13.0 Å². The lowest BCUT2D eigenvalue weighted by Gasteiger charge is -2.12. The second-order valence-electron chi connectivity index (χ2n) is 5.10. The van der Waals surface area contributed by atoms with Gasteiger partial charge in [0.05, 0.1) is 31.0 Å². The maximum Gasteiger partial charge on any atom is 0.254 e. The van der Waals surface area contributed by atoms with Gasteiger partial charge in [0.2, 0.25) is 0 Å². The van der Waals surface area contributed by atoms with Crippen LogP contribution in [0.5, 0.6) is 11.5 Å². The van der Waals surface area contributed by atoms with Gasteiger partial charge in [0.1, 0.15) is 13.0 Å². The van der Waals surface area contributed by atoms with Gasteiger partial charge < -0.3 is 9.47 Å². The fraction of sp³-hybridized carbons (Fsp3) is 0.158. The smallest absolute Gasteiger partial charge is 0.254 e. The van der Waals surface area contributed by atoms with Crippen molar-refractivity contribution in [3.8, 4) is 23.6 Å². The van der Waals surface area contributed by atoms with E-state index in [9.17, 15) is 4.79 Å². The fourth-order valence-corrected chi connectivity index (χ4v) is 2.08. The van der Waals surface area contributed by atoms with Crippen molar-refractivity contribution >= 4 is 12.1 Å². The van der Waals surface area contributed by atoms with Crippen LogP contribution >= 0.6 is 0 Å². The molecule has 26 heavy (non-hydrogen) atoms. The van der Waals surface area contributed by atoms with Crippen LogP contribution in [0.4, 0.5) is 0 Å². The van der Waals surface area contributed by atoms with Crippen LogP contribution in [0.3, 0.4) is 0 Å². The third kappa shape index (κ3) is 5.08. The first-order valence-corrected chi connectivity index (χ1v) is 7.65. The largest absolute Gasteiger partial charge is 0.493 e. The molecule has 0 saturated carbocycles. The minimum absolute atomic E-state index is 0.234. The molecule has 1 N–H and O–H groups in total. The molecule has 0 spiro atoms. The summed E-state index contributed by atoms with van der Waals surface area (Å²) in [5.41, 5.74) is 4.27. The van der Waals surface area contributed by atoms with Gasteiger partial charge in [0.15, 0.2) is 11.5 Å². The van der Waals surface area contributed by atoms with Crippen molar-refractivity contribution in [2.24, 2.45) is 5.10 Å². The number of benzene rings is 2. The molecule has 0 aliphatic carbocycles. The lowest BCUT2D eigenvalue weighted by molar-refractivity contribution is -0.120. The van der Waals surface area contributed by atoms with Crippen LogP contribution < -0.4 is 14.9 Å². The third-order valence-corrected chi connectivity index (χ3v) is 3.35. The first kappa shape index (κ1) is 18.5. The van der Waals surface area contributed by atoms with Gasteiger partial charge in [-0.05, 0) is 29.8 Å². The Morgan fingerprint density at radius 3 is 2.77 bits per heavy atom. The summed E-state index contributed by atoms with van der Waals surface area (Å²) in [7, 11) is 1.51. The van der Waals surface area contributed by atoms with Gasteiger partial charge in [0, 0.05) is 5.56 Å². The van der Waals surface area contributed by atoms with Gasteiger partial charge in [-0.1, -0.05) is 18.2 Å². The summed E-state index contributed by atoms with van der Waals surface area (Å²) < 4.78 is 11.1. The van der Waals surface area contributed by atoms with E-state index < -0.39 is 5.91 Å². The second kappa shape index (κ2) is 9.45. The van der Waals surface area contributed by atoms with Gasteiger partial charge in [-0.2, -0.15) is 15.6 Å². The van der Waals surface area contributed by atoms with Gasteiger partial charge in [0.25, 0.3) is 5.91 Å². The Labute approximate surface area is 151 Å². The van der Waals surface area contributed by atoms with Gasteiger partial charge in [-0.3, -0.25) is 4.79 Å². The van der Waals surface area contributed by atoms with E-state index in [1.807, 2.05) is 12.1 Å². The second-order valence-corrected chi connectivity index (χ2v) is 5.10. The number of methoxy groups -OCH3 is 1. The molecule has 0 heterocycles. The number of hydrogen-bond acceptors (Lipinski definition) is 6. The number of carbonyl (C=O) groups excluding carboxylic acids is 1. The Balaban J connectivity index is 2.06. The number of ether oxygens (including phenoxy) is 2. The molecule has 0 bridgehead atoms. The molecule has 7 heteroatoms. The predicted octanol–water partition coefficient (Wildman–Crippen LogP) is 2.51. The molecule has 0 radical (unpaired) electrons. The molecule has 0 aliphatic rings. The molecule has 0 aliphatic heterocycles. The van der Waals surface area contributed by atoms with Crippen molar-refractivity contribution in [3.63, 3.8) is 0 Å². The molecule has 0 unspecified atom stereocenters. The lowest BCUT2D eigenvalue weighted by Crippen LogP contribution is -2.16. The van der Waals surface area contributed by atoms with Crippen molar-refractivity contribution in [2.75, 3.05) is 7.11 Å². The number of nitrogens with zero attached hydrogens (tertiary/aromatic N) is 3. The maximum atomic E-state index is 11.2. The van der Waals surface area contributed by atoms with E-state index in [0.717, 1.165) is 5.56 Å². The summed E-state index contributed by atoms with van der Waals surface area (Å²) >= 11 is 0. The topological polar surface area (TPSA) is 108 Å². The number of amides is 1. The molecule has 0 fully saturated rings. The average molecular weight is 348 g/mol. The highest BCUT2D eigenvalue weighted by atomic mass is 16.5. The first-order chi connectivity index (χ1) is 12.7. The van der Waals surface area contributed by atoms with Crippen molar-refractivity contribution in [3.05, 3.63) is 59.2 Å². The summed E-state index contributed by atoms with van der Waals surface area (Å²) in [5.74, 6) is 0.532. The molecular formula is C19H16N4O3. The molecule has 2 rings (SSSR count). The summed E-state index contributed by atoms with van der Waals surface area (Å²) in [6.07, 6.45) is 1.18. The van der Waals surface area contributed by atoms with Crippen LogP contribution in [-0.2, 0) is 11.4 Å². The van der Waals surface area contributed by atoms with E-state index in [2.05, 4.69) is 16.6 Å². The van der Waals surface area contributed by atoms with E-state index in [1.165, 1.54) is 13.3 Å². The zero-order chi connectivity index (χ0) is 18.8. The van der Waals surface area contributed by atoms with Gasteiger partial charge in [-0.25, -0.2) is 5.43 Å². The quantitative estimate of drug-likeness (QED) is 0.611. The van der Waals surface area contributed by atoms with Crippen LogP contribution in [0.15, 0.2) is 47.6 Å². The minimum Gasteiger partial charge on any atom is -0.493 e. The van der Waals surface area contributed by atoms with Crippen LogP contribution in [0, 0.1) is 22.7 Å². The highest BCUT2D eigenvalue weighted by Gasteiger charge is 2.07. The highest BCUT2D eigenvalue weighted by molar-refractivity contribution is 5.83. The molecule has 0 saturated heterocycles. The molecule has 130 valence electrons. The number of nitrogens with one attached hydrogen (secondary N) is 1. The Bertz CT molecular complexity index is 894. The SMILES string of the molecule is COc1cc(/C=N\NC(=O)CC#N)ccc1OCc1ccccc1C#N. The number of carbonyl (C=O) groups is 1. The number of hydrazone groups is 1. The number of rotatable bonds is 7. The molecule has 2 aromatic rings. The van der Waals surface area contributed by atoms with Gasteiger partial charge in [-0.15, -0.1) is 0 Å². The normalized spacial score (nSPS) is 9.96. The van der Waals surface area contributed by atoms with Crippen LogP contribution in [0.1, 0.15) is 23.1 Å². The Kier molecular flexibility index (Phi) is 6.73. The van der Waals surface area contributed by atoms with Crippen LogP contribution in [0.25, 0.3) is 0 Å². The highest BCUT2D eigenvalue weighted by Crippen LogP contribution is 2.28. The maximum absolute atomic E-state index is 11.2. The predicted molar refractivity (Wildman–Crippen MR) is 94.4 cm³/mol. The fourth-order valence-electron chi connectivity index (χ4n) is 2.08. The zero-order valence-corrected chi connectivity index (χ0v) is 14.1. The molecule has 1 amide bonds. The molecule has 0 atom stereocenters. The number of hydrogen-bond donors (Lipinski definition) is 1. The van der Waals surface area contributed by atoms with E-state index >= 15 is 0 Å². The Hall–Kier alpha value is -3.84. The monoisotopic (exact) mass is 348 g/mol. The third-order valence-electron chi connectivity index (χ3n) is 3.35. The summed E-state index contributed by atoms with van der Waals surface area (Å²) in [6, 6.07) is 16.2. The first-order valence-electron chi connectivity index (χ1n) is 7.65. The molecule has 0 aromatic heterocycles. The molecule has 7 nitrogen and oxygen atoms in total. The van der Waals surface area contributed by atoms with Crippen LogP contribution in [-0.4, -0.2) is 19.2 Å². The zero-order valence-electron chi connectivity index (χ0n) is 14.1. The van der Waals surface area contributed by atoms with E-state index in [4.69, 9.17) is 20.0 Å². The Morgan fingerprint density at radius 1 is 1.23 bits per heavy atom. The van der Waals surface area contributed by atoms with Crippen LogP contribution in [0.2, 0.25) is 0 Å². The van der Waals surface area contributed by atoms with Crippen molar-refractivity contribution in [1.29, 1.82) is 10.5 Å². The summed E-state index contributed by atoms with van der Waals surface area (Å²) in [5, 5.41) is 21.3. The summed E-state index contributed by atoms with van der Waals surface area (Å²) in [4.78, 5) is 11.2. The minimum atomic E-state index is -0.480. The number of nitriles is 2. The Morgan fingerprint density at radius 2 is 2.04 bits per heavy atom. The van der Waals surface area contributed by atoms with E-state index in [1.54, 1.807) is 36.4 Å². The van der Waals surface area contributed by atoms with Crippen molar-refractivity contribution < 1.29 is 14.3 Å². The van der Waals surface area contributed by atoms with Gasteiger partial charge >= 0.3 is 0 Å². The van der Waals surface area contributed by atoms with Crippen molar-refractivity contribution in [1.82, 2.24) is 5.43 Å².